The van der Waals surface area contributed by atoms with Gasteiger partial charge >= 0.3 is 5.97 Å². The van der Waals surface area contributed by atoms with Crippen LogP contribution in [0.2, 0.25) is 0 Å². The van der Waals surface area contributed by atoms with Crippen molar-refractivity contribution in [2.24, 2.45) is 17.8 Å². The minimum Gasteiger partial charge on any atom is -0.472 e. The van der Waals surface area contributed by atoms with Crippen molar-refractivity contribution < 1.29 is 19.0 Å². The van der Waals surface area contributed by atoms with Crippen LogP contribution in [0.3, 0.4) is 0 Å². The van der Waals surface area contributed by atoms with Crippen LogP contribution in [0.15, 0.2) is 11.8 Å². The number of carbonyl (C=O) groups is 1. The predicted molar refractivity (Wildman–Crippen MR) is 133 cm³/mol. The van der Waals surface area contributed by atoms with Gasteiger partial charge in [-0.05, 0) is 60.3 Å². The molecular weight excluding hydrogens is 444 g/mol. The lowest BCUT2D eigenvalue weighted by atomic mass is 9.82. The Morgan fingerprint density at radius 2 is 1.69 bits per heavy atom. The minimum absolute atomic E-state index is 0.126. The number of fused-ring (bicyclic) bond motifs is 1. The van der Waals surface area contributed by atoms with Gasteiger partial charge in [-0.3, -0.25) is 14.9 Å². The van der Waals surface area contributed by atoms with Crippen LogP contribution < -0.4 is 0 Å². The summed E-state index contributed by atoms with van der Waals surface area (Å²) in [6.45, 7) is 18.2. The van der Waals surface area contributed by atoms with Gasteiger partial charge in [-0.15, -0.1) is 0 Å². The van der Waals surface area contributed by atoms with Crippen LogP contribution in [0.1, 0.15) is 56.4 Å². The number of carbonyl (C=O) groups excluding carboxylic acids is 1. The highest BCUT2D eigenvalue weighted by molar-refractivity contribution is 5.89. The lowest BCUT2D eigenvalue weighted by molar-refractivity contribution is -0.214. The number of rotatable bonds is 6. The second kappa shape index (κ2) is 10.5. The molecule has 0 radical (unpaired) electrons. The zero-order valence-corrected chi connectivity index (χ0v) is 22.5. The molecule has 1 saturated heterocycles. The Bertz CT molecular complexity index is 949. The molecule has 0 N–H and O–H groups in total. The van der Waals surface area contributed by atoms with E-state index >= 15 is 0 Å². The number of hydrogen-bond acceptors (Lipinski definition) is 8. The fraction of sp³-hybridized carbons (Fsp3) is 0.741. The number of aromatic nitrogens is 2. The van der Waals surface area contributed by atoms with Crippen molar-refractivity contribution in [1.29, 1.82) is 0 Å². The molecule has 4 unspecified atom stereocenters. The van der Waals surface area contributed by atoms with Crippen LogP contribution in [0, 0.1) is 38.5 Å². The maximum atomic E-state index is 12.4. The van der Waals surface area contributed by atoms with Crippen LogP contribution in [-0.2, 0) is 25.5 Å². The molecule has 1 aromatic rings. The first kappa shape index (κ1) is 26.0. The topological polar surface area (TPSA) is 77.0 Å². The zero-order chi connectivity index (χ0) is 25.3. The van der Waals surface area contributed by atoms with Crippen LogP contribution in [-0.4, -0.2) is 77.5 Å². The molecule has 0 aromatic carbocycles. The number of hydrogen-bond donors (Lipinski definition) is 0. The number of nitrogens with zero attached hydrogens (tertiary/aromatic N) is 4. The van der Waals surface area contributed by atoms with E-state index in [4.69, 9.17) is 19.2 Å². The number of piperazine rings is 1. The fourth-order valence-corrected chi connectivity index (χ4v) is 5.77. The highest BCUT2D eigenvalue weighted by atomic mass is 16.7. The number of ether oxygens (including phenoxy) is 3. The van der Waals surface area contributed by atoms with Crippen molar-refractivity contribution in [3.8, 4) is 0 Å². The van der Waals surface area contributed by atoms with Gasteiger partial charge in [0.1, 0.15) is 0 Å². The molecule has 4 rings (SSSR count). The lowest BCUT2D eigenvalue weighted by Gasteiger charge is -2.41. The van der Waals surface area contributed by atoms with Gasteiger partial charge in [-0.25, -0.2) is 4.79 Å². The van der Waals surface area contributed by atoms with Gasteiger partial charge in [-0.1, -0.05) is 0 Å². The third kappa shape index (κ3) is 6.04. The molecule has 0 bridgehead atoms. The molecule has 2 aliphatic heterocycles. The second-order valence-electron chi connectivity index (χ2n) is 11.3. The van der Waals surface area contributed by atoms with Crippen LogP contribution in [0.5, 0.6) is 0 Å². The Balaban J connectivity index is 1.38. The molecule has 1 aromatic heterocycles. The second-order valence-corrected chi connectivity index (χ2v) is 11.3. The van der Waals surface area contributed by atoms with E-state index < -0.39 is 0 Å². The summed E-state index contributed by atoms with van der Waals surface area (Å²) in [4.78, 5) is 26.9. The van der Waals surface area contributed by atoms with Crippen molar-refractivity contribution in [3.05, 3.63) is 34.6 Å². The summed E-state index contributed by atoms with van der Waals surface area (Å²) >= 11 is 0. The van der Waals surface area contributed by atoms with Gasteiger partial charge in [-0.2, -0.15) is 0 Å². The summed E-state index contributed by atoms with van der Waals surface area (Å²) in [5.74, 6) is 0.411. The van der Waals surface area contributed by atoms with Crippen molar-refractivity contribution in [1.82, 2.24) is 19.8 Å². The van der Waals surface area contributed by atoms with E-state index in [0.717, 1.165) is 74.9 Å². The first-order valence-corrected chi connectivity index (χ1v) is 12.9. The standard InChI is InChI=1S/C27H42N4O4/c1-17-18(2)29-23(19(3)28-17)15-31-12-10-30(11-13-31)14-20-8-9-21-22(25(32)33-7)16-34-26(24(20)21)35-27(4,5)6/h16,20-21,24,26H,8-15H2,1-7H3. The molecule has 0 amide bonds. The molecule has 1 aliphatic carbocycles. The average Bonchev–Trinajstić information content (AvgIpc) is 3.21. The summed E-state index contributed by atoms with van der Waals surface area (Å²) in [5, 5.41) is 0. The normalized spacial score (nSPS) is 27.8. The summed E-state index contributed by atoms with van der Waals surface area (Å²) in [5.41, 5.74) is 4.48. The Kier molecular flexibility index (Phi) is 7.83. The van der Waals surface area contributed by atoms with E-state index in [9.17, 15) is 4.79 Å². The lowest BCUT2D eigenvalue weighted by Crippen LogP contribution is -2.49. The van der Waals surface area contributed by atoms with Gasteiger partial charge in [0, 0.05) is 51.1 Å². The highest BCUT2D eigenvalue weighted by Gasteiger charge is 2.49. The Morgan fingerprint density at radius 3 is 2.34 bits per heavy atom. The number of aryl methyl sites for hydroxylation is 3. The molecular formula is C27H42N4O4. The first-order chi connectivity index (χ1) is 16.6. The van der Waals surface area contributed by atoms with E-state index in [-0.39, 0.29) is 29.7 Å². The maximum Gasteiger partial charge on any atom is 0.337 e. The smallest absolute Gasteiger partial charge is 0.337 e. The third-order valence-corrected chi connectivity index (χ3v) is 7.70. The molecule has 2 fully saturated rings. The number of methoxy groups -OCH3 is 1. The molecule has 194 valence electrons. The SMILES string of the molecule is COC(=O)C1=COC(OC(C)(C)C)C2C(CN3CCN(Cc4nc(C)c(C)nc4C)CC3)CCC12. The average molecular weight is 487 g/mol. The molecule has 3 aliphatic rings. The van der Waals surface area contributed by atoms with Gasteiger partial charge in [0.05, 0.1) is 47.3 Å². The van der Waals surface area contributed by atoms with E-state index in [1.54, 1.807) is 6.26 Å². The summed E-state index contributed by atoms with van der Waals surface area (Å²) in [6, 6.07) is 0. The van der Waals surface area contributed by atoms with Gasteiger partial charge in [0.15, 0.2) is 0 Å². The van der Waals surface area contributed by atoms with Crippen LogP contribution in [0.4, 0.5) is 0 Å². The molecule has 1 saturated carbocycles. The highest BCUT2D eigenvalue weighted by Crippen LogP contribution is 2.48. The van der Waals surface area contributed by atoms with E-state index in [1.165, 1.54) is 7.11 Å². The Labute approximate surface area is 210 Å². The summed E-state index contributed by atoms with van der Waals surface area (Å²) in [6.07, 6.45) is 3.28. The van der Waals surface area contributed by atoms with Gasteiger partial charge in [0.25, 0.3) is 0 Å². The Morgan fingerprint density at radius 1 is 1.03 bits per heavy atom. The summed E-state index contributed by atoms with van der Waals surface area (Å²) in [7, 11) is 1.44. The van der Waals surface area contributed by atoms with Crippen molar-refractivity contribution in [2.45, 2.75) is 72.8 Å². The van der Waals surface area contributed by atoms with Crippen molar-refractivity contribution in [3.63, 3.8) is 0 Å². The van der Waals surface area contributed by atoms with E-state index in [2.05, 4.69) is 42.5 Å². The monoisotopic (exact) mass is 486 g/mol. The molecule has 35 heavy (non-hydrogen) atoms. The predicted octanol–water partition coefficient (Wildman–Crippen LogP) is 3.39. The fourth-order valence-electron chi connectivity index (χ4n) is 5.77. The molecule has 8 heteroatoms. The van der Waals surface area contributed by atoms with Crippen molar-refractivity contribution in [2.75, 3.05) is 39.8 Å². The molecule has 0 spiro atoms. The quantitative estimate of drug-likeness (QED) is 0.567. The van der Waals surface area contributed by atoms with E-state index in [1.807, 2.05) is 13.8 Å². The van der Waals surface area contributed by atoms with E-state index in [0.29, 0.717) is 11.5 Å². The first-order valence-electron chi connectivity index (χ1n) is 12.9. The molecule has 4 atom stereocenters. The largest absolute Gasteiger partial charge is 0.472 e. The van der Waals surface area contributed by atoms with Gasteiger partial charge < -0.3 is 19.1 Å². The van der Waals surface area contributed by atoms with Crippen molar-refractivity contribution >= 4 is 5.97 Å². The molecule has 8 nitrogen and oxygen atoms in total. The van der Waals surface area contributed by atoms with Crippen LogP contribution in [0.25, 0.3) is 0 Å². The zero-order valence-electron chi connectivity index (χ0n) is 22.5. The summed E-state index contributed by atoms with van der Waals surface area (Å²) < 4.78 is 17.4. The Hall–Kier alpha value is -2.03. The minimum atomic E-state index is -0.339. The van der Waals surface area contributed by atoms with Gasteiger partial charge in [0.2, 0.25) is 6.29 Å². The number of esters is 1. The maximum absolute atomic E-state index is 12.4. The van der Waals surface area contributed by atoms with Crippen LogP contribution >= 0.6 is 0 Å². The molecule has 3 heterocycles. The third-order valence-electron chi connectivity index (χ3n) is 7.70.